The second kappa shape index (κ2) is 4.88. The molecule has 2 rings (SSSR count). The Balaban J connectivity index is 1.89. The molecule has 0 aliphatic heterocycles. The van der Waals surface area contributed by atoms with Gasteiger partial charge in [0.25, 0.3) is 0 Å². The van der Waals surface area contributed by atoms with E-state index in [1.54, 1.807) is 11.3 Å². The quantitative estimate of drug-likeness (QED) is 0.849. The zero-order chi connectivity index (χ0) is 11.5. The Labute approximate surface area is 103 Å². The number of thiazole rings is 1. The van der Waals surface area contributed by atoms with Crippen LogP contribution in [0.1, 0.15) is 11.4 Å². The molecular formula is C10H14N4S2. The van der Waals surface area contributed by atoms with E-state index in [1.807, 2.05) is 36.6 Å². The van der Waals surface area contributed by atoms with E-state index in [9.17, 15) is 0 Å². The summed E-state index contributed by atoms with van der Waals surface area (Å²) in [6.45, 7) is 2.00. The summed E-state index contributed by atoms with van der Waals surface area (Å²) in [4.78, 5) is 4.20. The molecule has 0 spiro atoms. The third-order valence-corrected chi connectivity index (χ3v) is 4.64. The fraction of sp³-hybridized carbons (Fsp3) is 0.400. The number of aryl methyl sites for hydroxylation is 3. The van der Waals surface area contributed by atoms with Crippen LogP contribution in [0.25, 0.3) is 0 Å². The van der Waals surface area contributed by atoms with Gasteiger partial charge in [0.15, 0.2) is 5.13 Å². The van der Waals surface area contributed by atoms with Gasteiger partial charge in [0.2, 0.25) is 0 Å². The maximum Gasteiger partial charge on any atom is 0.181 e. The first-order valence-corrected chi connectivity index (χ1v) is 6.79. The Hall–Kier alpha value is -1.01. The first kappa shape index (κ1) is 11.5. The highest BCUT2D eigenvalue weighted by Gasteiger charge is 2.06. The molecule has 0 bridgehead atoms. The zero-order valence-corrected chi connectivity index (χ0v) is 10.9. The molecule has 4 nitrogen and oxygen atoms in total. The fourth-order valence-electron chi connectivity index (χ4n) is 1.43. The number of nitrogen functional groups attached to an aromatic ring is 1. The molecule has 0 saturated carbocycles. The molecule has 0 aliphatic carbocycles. The summed E-state index contributed by atoms with van der Waals surface area (Å²) in [5.41, 5.74) is 7.94. The first-order valence-electron chi connectivity index (χ1n) is 4.99. The van der Waals surface area contributed by atoms with Gasteiger partial charge in [-0.1, -0.05) is 11.3 Å². The highest BCUT2D eigenvalue weighted by molar-refractivity contribution is 8.01. The molecule has 0 unspecified atom stereocenters. The van der Waals surface area contributed by atoms with Gasteiger partial charge in [-0.3, -0.25) is 4.68 Å². The molecule has 6 heteroatoms. The van der Waals surface area contributed by atoms with Crippen molar-refractivity contribution in [2.75, 3.05) is 11.5 Å². The van der Waals surface area contributed by atoms with Crippen molar-refractivity contribution >= 4 is 28.2 Å². The lowest BCUT2D eigenvalue weighted by Crippen LogP contribution is -1.99. The number of thioether (sulfide) groups is 1. The molecule has 16 heavy (non-hydrogen) atoms. The summed E-state index contributed by atoms with van der Waals surface area (Å²) in [6.07, 6.45) is 2.84. The maximum absolute atomic E-state index is 5.65. The molecule has 0 fully saturated rings. The van der Waals surface area contributed by atoms with E-state index in [2.05, 4.69) is 16.1 Å². The van der Waals surface area contributed by atoms with Gasteiger partial charge in [-0.2, -0.15) is 5.10 Å². The average molecular weight is 254 g/mol. The lowest BCUT2D eigenvalue weighted by atomic mass is 10.3. The molecule has 2 aromatic rings. The number of rotatable bonds is 4. The van der Waals surface area contributed by atoms with Crippen LogP contribution in [0.3, 0.4) is 0 Å². The number of aromatic nitrogens is 3. The van der Waals surface area contributed by atoms with Crippen LogP contribution in [0.2, 0.25) is 0 Å². The van der Waals surface area contributed by atoms with Gasteiger partial charge in [0, 0.05) is 24.7 Å². The van der Waals surface area contributed by atoms with Crippen molar-refractivity contribution in [3.05, 3.63) is 23.7 Å². The summed E-state index contributed by atoms with van der Waals surface area (Å²) >= 11 is 3.37. The molecule has 0 aromatic carbocycles. The van der Waals surface area contributed by atoms with Crippen LogP contribution < -0.4 is 5.73 Å². The summed E-state index contributed by atoms with van der Waals surface area (Å²) < 4.78 is 3.13. The van der Waals surface area contributed by atoms with Gasteiger partial charge in [-0.05, 0) is 19.4 Å². The molecule has 2 heterocycles. The minimum atomic E-state index is 0.653. The van der Waals surface area contributed by atoms with E-state index < -0.39 is 0 Å². The molecule has 0 amide bonds. The normalized spacial score (nSPS) is 10.9. The molecule has 0 aliphatic rings. The highest BCUT2D eigenvalue weighted by Crippen LogP contribution is 2.30. The number of nitrogens with zero attached hydrogens (tertiary/aromatic N) is 3. The zero-order valence-electron chi connectivity index (χ0n) is 9.30. The topological polar surface area (TPSA) is 56.7 Å². The van der Waals surface area contributed by atoms with Gasteiger partial charge in [-0.25, -0.2) is 4.98 Å². The van der Waals surface area contributed by atoms with Crippen LogP contribution in [0.5, 0.6) is 0 Å². The average Bonchev–Trinajstić information content (AvgIpc) is 2.75. The molecule has 0 saturated heterocycles. The number of anilines is 1. The van der Waals surface area contributed by atoms with Gasteiger partial charge in [0.1, 0.15) is 0 Å². The van der Waals surface area contributed by atoms with Crippen molar-refractivity contribution in [1.29, 1.82) is 0 Å². The van der Waals surface area contributed by atoms with E-state index >= 15 is 0 Å². The van der Waals surface area contributed by atoms with Crippen molar-refractivity contribution in [2.45, 2.75) is 17.6 Å². The third kappa shape index (κ3) is 2.56. The second-order valence-corrected chi connectivity index (χ2v) is 5.86. The van der Waals surface area contributed by atoms with Crippen molar-refractivity contribution in [2.24, 2.45) is 7.05 Å². The van der Waals surface area contributed by atoms with Crippen LogP contribution in [0.15, 0.2) is 16.5 Å². The van der Waals surface area contributed by atoms with E-state index in [4.69, 9.17) is 5.73 Å². The van der Waals surface area contributed by atoms with Crippen molar-refractivity contribution in [3.8, 4) is 0 Å². The fourth-order valence-corrected chi connectivity index (χ4v) is 3.49. The molecular weight excluding hydrogens is 240 g/mol. The van der Waals surface area contributed by atoms with Gasteiger partial charge in [-0.15, -0.1) is 11.8 Å². The van der Waals surface area contributed by atoms with Crippen LogP contribution in [-0.2, 0) is 13.5 Å². The van der Waals surface area contributed by atoms with Crippen LogP contribution >= 0.6 is 23.1 Å². The van der Waals surface area contributed by atoms with Crippen molar-refractivity contribution < 1.29 is 0 Å². The largest absolute Gasteiger partial charge is 0.375 e. The monoisotopic (exact) mass is 254 g/mol. The van der Waals surface area contributed by atoms with Crippen LogP contribution in [-0.4, -0.2) is 20.5 Å². The summed E-state index contributed by atoms with van der Waals surface area (Å²) in [7, 11) is 1.97. The van der Waals surface area contributed by atoms with Gasteiger partial charge >= 0.3 is 0 Å². The Kier molecular flexibility index (Phi) is 3.50. The lowest BCUT2D eigenvalue weighted by molar-refractivity contribution is 0.720. The maximum atomic E-state index is 5.65. The molecule has 0 radical (unpaired) electrons. The van der Waals surface area contributed by atoms with E-state index in [-0.39, 0.29) is 0 Å². The number of hydrogen-bond acceptors (Lipinski definition) is 5. The van der Waals surface area contributed by atoms with Gasteiger partial charge < -0.3 is 5.73 Å². The minimum absolute atomic E-state index is 0.653. The van der Waals surface area contributed by atoms with Crippen molar-refractivity contribution in [1.82, 2.24) is 14.8 Å². The van der Waals surface area contributed by atoms with E-state index in [1.165, 1.54) is 9.90 Å². The summed E-state index contributed by atoms with van der Waals surface area (Å²) in [5.74, 6) is 1.03. The van der Waals surface area contributed by atoms with E-state index in [0.29, 0.717) is 5.13 Å². The highest BCUT2D eigenvalue weighted by atomic mass is 32.2. The Bertz CT molecular complexity index is 475. The lowest BCUT2D eigenvalue weighted by Gasteiger charge is -2.01. The Morgan fingerprint density at radius 1 is 1.56 bits per heavy atom. The standard InChI is InChI=1S/C10H14N4S2/c1-7-9(16-10(11)13-7)15-6-4-8-3-5-12-14(8)2/h3,5H,4,6H2,1-2H3,(H2,11,13). The predicted octanol–water partition coefficient (Wildman–Crippen LogP) is 2.10. The van der Waals surface area contributed by atoms with Gasteiger partial charge in [0.05, 0.1) is 9.90 Å². The molecule has 2 aromatic heterocycles. The van der Waals surface area contributed by atoms with E-state index in [0.717, 1.165) is 17.9 Å². The van der Waals surface area contributed by atoms with Crippen molar-refractivity contribution in [3.63, 3.8) is 0 Å². The Morgan fingerprint density at radius 2 is 2.38 bits per heavy atom. The molecule has 2 N–H and O–H groups in total. The number of nitrogens with two attached hydrogens (primary N) is 1. The summed E-state index contributed by atoms with van der Waals surface area (Å²) in [5, 5.41) is 4.79. The minimum Gasteiger partial charge on any atom is -0.375 e. The van der Waals surface area contributed by atoms with Crippen LogP contribution in [0, 0.1) is 6.92 Å². The third-order valence-electron chi connectivity index (χ3n) is 2.28. The first-order chi connectivity index (χ1) is 7.66. The second-order valence-electron chi connectivity index (χ2n) is 3.47. The Morgan fingerprint density at radius 3 is 2.94 bits per heavy atom. The molecule has 0 atom stereocenters. The SMILES string of the molecule is Cc1nc(N)sc1SCCc1ccnn1C. The summed E-state index contributed by atoms with van der Waals surface area (Å²) in [6, 6.07) is 2.05. The predicted molar refractivity (Wildman–Crippen MR) is 68.9 cm³/mol. The number of hydrogen-bond donors (Lipinski definition) is 1. The van der Waals surface area contributed by atoms with Crippen LogP contribution in [0.4, 0.5) is 5.13 Å². The smallest absolute Gasteiger partial charge is 0.181 e. The molecule has 86 valence electrons.